The third kappa shape index (κ3) is 1.78. The number of amides is 1. The van der Waals surface area contributed by atoms with Gasteiger partial charge in [-0.15, -0.1) is 0 Å². The highest BCUT2D eigenvalue weighted by atomic mass is 16.2. The predicted molar refractivity (Wildman–Crippen MR) is 55.6 cm³/mol. The van der Waals surface area contributed by atoms with Crippen LogP contribution in [0.25, 0.3) is 0 Å². The number of rotatable bonds is 3. The summed E-state index contributed by atoms with van der Waals surface area (Å²) in [7, 11) is 0. The molecule has 3 N–H and O–H groups in total. The molecule has 3 nitrogen and oxygen atoms in total. The molecule has 0 aromatic carbocycles. The van der Waals surface area contributed by atoms with E-state index in [1.165, 1.54) is 25.7 Å². The second kappa shape index (κ2) is 3.89. The molecule has 1 amide bonds. The Bertz CT molecular complexity index is 217. The van der Waals surface area contributed by atoms with Gasteiger partial charge in [0.2, 0.25) is 5.91 Å². The Balaban J connectivity index is 1.82. The van der Waals surface area contributed by atoms with E-state index in [0.717, 1.165) is 0 Å². The van der Waals surface area contributed by atoms with Crippen LogP contribution < -0.4 is 11.1 Å². The van der Waals surface area contributed by atoms with Crippen LogP contribution in [0.15, 0.2) is 0 Å². The summed E-state index contributed by atoms with van der Waals surface area (Å²) in [5.41, 5.74) is 5.47. The van der Waals surface area contributed by atoms with Crippen LogP contribution in [0.2, 0.25) is 0 Å². The van der Waals surface area contributed by atoms with Crippen LogP contribution in [0.5, 0.6) is 0 Å². The molecule has 2 rings (SSSR count). The molecule has 2 aliphatic carbocycles. The van der Waals surface area contributed by atoms with Gasteiger partial charge in [0.25, 0.3) is 0 Å². The van der Waals surface area contributed by atoms with Gasteiger partial charge in [-0.05, 0) is 31.6 Å². The lowest BCUT2D eigenvalue weighted by molar-refractivity contribution is -0.123. The topological polar surface area (TPSA) is 55.1 Å². The SMILES string of the molecule is CC(CN)NC(=O)C1C2CCCCC21. The summed E-state index contributed by atoms with van der Waals surface area (Å²) >= 11 is 0. The summed E-state index contributed by atoms with van der Waals surface area (Å²) in [6.45, 7) is 2.50. The summed E-state index contributed by atoms with van der Waals surface area (Å²) in [4.78, 5) is 11.8. The molecule has 14 heavy (non-hydrogen) atoms. The summed E-state index contributed by atoms with van der Waals surface area (Å²) in [5.74, 6) is 1.98. The fourth-order valence-corrected chi connectivity index (χ4v) is 2.78. The van der Waals surface area contributed by atoms with E-state index in [-0.39, 0.29) is 11.9 Å². The fraction of sp³-hybridized carbons (Fsp3) is 0.909. The number of hydrogen-bond donors (Lipinski definition) is 2. The van der Waals surface area contributed by atoms with Gasteiger partial charge < -0.3 is 11.1 Å². The van der Waals surface area contributed by atoms with E-state index in [4.69, 9.17) is 5.73 Å². The van der Waals surface area contributed by atoms with E-state index in [9.17, 15) is 4.79 Å². The van der Waals surface area contributed by atoms with E-state index < -0.39 is 0 Å². The lowest BCUT2D eigenvalue weighted by Crippen LogP contribution is -2.39. The number of carbonyl (C=O) groups is 1. The third-order valence-corrected chi connectivity index (χ3v) is 3.70. The minimum Gasteiger partial charge on any atom is -0.352 e. The van der Waals surface area contributed by atoms with Crippen LogP contribution in [-0.2, 0) is 4.79 Å². The number of fused-ring (bicyclic) bond motifs is 1. The molecule has 2 fully saturated rings. The normalized spacial score (nSPS) is 37.1. The standard InChI is InChI=1S/C11H20N2O/c1-7(6-12)13-11(14)10-8-4-2-3-5-9(8)10/h7-10H,2-6,12H2,1H3,(H,13,14). The maximum absolute atomic E-state index is 11.8. The van der Waals surface area contributed by atoms with Gasteiger partial charge in [0, 0.05) is 18.5 Å². The first kappa shape index (κ1) is 9.97. The van der Waals surface area contributed by atoms with Crippen LogP contribution in [0.1, 0.15) is 32.6 Å². The van der Waals surface area contributed by atoms with Gasteiger partial charge in [-0.3, -0.25) is 4.79 Å². The molecular weight excluding hydrogens is 176 g/mol. The van der Waals surface area contributed by atoms with Gasteiger partial charge in [0.15, 0.2) is 0 Å². The summed E-state index contributed by atoms with van der Waals surface area (Å²) < 4.78 is 0. The van der Waals surface area contributed by atoms with Gasteiger partial charge in [0.05, 0.1) is 0 Å². The first-order chi connectivity index (χ1) is 6.74. The molecule has 0 aromatic rings. The number of nitrogens with two attached hydrogens (primary N) is 1. The van der Waals surface area contributed by atoms with Gasteiger partial charge >= 0.3 is 0 Å². The lowest BCUT2D eigenvalue weighted by Gasteiger charge is -2.10. The average Bonchev–Trinajstić information content (AvgIpc) is 2.91. The van der Waals surface area contributed by atoms with Crippen molar-refractivity contribution in [3.8, 4) is 0 Å². The average molecular weight is 196 g/mol. The first-order valence-corrected chi connectivity index (χ1v) is 5.74. The summed E-state index contributed by atoms with van der Waals surface area (Å²) in [6.07, 6.45) is 5.16. The van der Waals surface area contributed by atoms with Gasteiger partial charge in [-0.2, -0.15) is 0 Å². The molecule has 0 saturated heterocycles. The maximum Gasteiger partial charge on any atom is 0.223 e. The Morgan fingerprint density at radius 2 is 2.00 bits per heavy atom. The molecule has 0 spiro atoms. The van der Waals surface area contributed by atoms with Crippen LogP contribution >= 0.6 is 0 Å². The van der Waals surface area contributed by atoms with Crippen molar-refractivity contribution in [1.29, 1.82) is 0 Å². The van der Waals surface area contributed by atoms with E-state index >= 15 is 0 Å². The van der Waals surface area contributed by atoms with Crippen LogP contribution in [0.4, 0.5) is 0 Å². The van der Waals surface area contributed by atoms with Gasteiger partial charge in [0.1, 0.15) is 0 Å². The van der Waals surface area contributed by atoms with Crippen LogP contribution in [0, 0.1) is 17.8 Å². The molecule has 0 heterocycles. The second-order valence-corrected chi connectivity index (χ2v) is 4.78. The molecule has 2 saturated carbocycles. The highest BCUT2D eigenvalue weighted by Gasteiger charge is 2.54. The Kier molecular flexibility index (Phi) is 2.77. The molecule has 80 valence electrons. The van der Waals surface area contributed by atoms with Crippen molar-refractivity contribution in [2.24, 2.45) is 23.5 Å². The summed E-state index contributed by atoms with van der Waals surface area (Å²) in [6, 6.07) is 0.130. The van der Waals surface area contributed by atoms with Gasteiger partial charge in [-0.1, -0.05) is 12.8 Å². The number of carbonyl (C=O) groups excluding carboxylic acids is 1. The monoisotopic (exact) mass is 196 g/mol. The molecule has 3 heteroatoms. The zero-order valence-electron chi connectivity index (χ0n) is 8.83. The largest absolute Gasteiger partial charge is 0.352 e. The zero-order valence-corrected chi connectivity index (χ0v) is 8.83. The molecule has 3 atom stereocenters. The van der Waals surface area contributed by atoms with Crippen molar-refractivity contribution in [2.45, 2.75) is 38.6 Å². The molecule has 0 aliphatic heterocycles. The third-order valence-electron chi connectivity index (χ3n) is 3.70. The lowest BCUT2D eigenvalue weighted by atomic mass is 10.0. The van der Waals surface area contributed by atoms with E-state index in [1.54, 1.807) is 0 Å². The number of hydrogen-bond acceptors (Lipinski definition) is 2. The molecule has 3 unspecified atom stereocenters. The molecular formula is C11H20N2O. The summed E-state index contributed by atoms with van der Waals surface area (Å²) in [5, 5.41) is 2.98. The number of nitrogens with one attached hydrogen (secondary N) is 1. The second-order valence-electron chi connectivity index (χ2n) is 4.78. The van der Waals surface area contributed by atoms with E-state index in [0.29, 0.717) is 24.3 Å². The molecule has 0 aromatic heterocycles. The molecule has 0 bridgehead atoms. The van der Waals surface area contributed by atoms with Crippen molar-refractivity contribution in [3.63, 3.8) is 0 Å². The fourth-order valence-electron chi connectivity index (χ4n) is 2.78. The first-order valence-electron chi connectivity index (χ1n) is 5.74. The Hall–Kier alpha value is -0.570. The molecule has 2 aliphatic rings. The van der Waals surface area contributed by atoms with Crippen molar-refractivity contribution in [3.05, 3.63) is 0 Å². The maximum atomic E-state index is 11.8. The highest BCUT2D eigenvalue weighted by Crippen LogP contribution is 2.55. The Labute approximate surface area is 85.4 Å². The van der Waals surface area contributed by atoms with E-state index in [2.05, 4.69) is 5.32 Å². The Morgan fingerprint density at radius 1 is 1.43 bits per heavy atom. The zero-order chi connectivity index (χ0) is 10.1. The smallest absolute Gasteiger partial charge is 0.223 e. The van der Waals surface area contributed by atoms with Crippen molar-refractivity contribution in [1.82, 2.24) is 5.32 Å². The quantitative estimate of drug-likeness (QED) is 0.704. The van der Waals surface area contributed by atoms with Crippen LogP contribution in [-0.4, -0.2) is 18.5 Å². The highest BCUT2D eigenvalue weighted by molar-refractivity contribution is 5.82. The van der Waals surface area contributed by atoms with Gasteiger partial charge in [-0.25, -0.2) is 0 Å². The minimum atomic E-state index is 0.130. The van der Waals surface area contributed by atoms with Crippen LogP contribution in [0.3, 0.4) is 0 Å². The minimum absolute atomic E-state index is 0.130. The van der Waals surface area contributed by atoms with Crippen molar-refractivity contribution in [2.75, 3.05) is 6.54 Å². The Morgan fingerprint density at radius 3 is 2.50 bits per heavy atom. The predicted octanol–water partition coefficient (Wildman–Crippen LogP) is 0.886. The van der Waals surface area contributed by atoms with Crippen molar-refractivity contribution < 1.29 is 4.79 Å². The van der Waals surface area contributed by atoms with Crippen molar-refractivity contribution >= 4 is 5.91 Å². The van der Waals surface area contributed by atoms with E-state index in [1.807, 2.05) is 6.92 Å². The molecule has 0 radical (unpaired) electrons.